The maximum absolute atomic E-state index is 11.1. The lowest BCUT2D eigenvalue weighted by molar-refractivity contribution is -0.123. The third-order valence-corrected chi connectivity index (χ3v) is 2.58. The molecule has 0 aromatic heterocycles. The summed E-state index contributed by atoms with van der Waals surface area (Å²) in [7, 11) is 0. The normalized spacial score (nSPS) is 13.1. The Kier molecular flexibility index (Phi) is 9.34. The molecule has 4 heteroatoms. The molecule has 0 amide bonds. The van der Waals surface area contributed by atoms with E-state index in [2.05, 4.69) is 25.3 Å². The van der Waals surface area contributed by atoms with Crippen LogP contribution in [0, 0.1) is 11.8 Å². The number of carbonyl (C=O) groups excluding carboxylic acids is 2. The monoisotopic (exact) mass is 278 g/mol. The molecule has 0 saturated heterocycles. The Morgan fingerprint density at radius 1 is 0.941 bits per heavy atom. The summed E-state index contributed by atoms with van der Waals surface area (Å²) >= 11 is 8.12. The molecule has 0 bridgehead atoms. The van der Waals surface area contributed by atoms with Crippen LogP contribution in [-0.2, 0) is 9.59 Å². The summed E-state index contributed by atoms with van der Waals surface area (Å²) < 4.78 is -0.464. The van der Waals surface area contributed by atoms with Crippen LogP contribution in [0.3, 0.4) is 0 Å². The van der Waals surface area contributed by atoms with Crippen molar-refractivity contribution in [1.82, 2.24) is 0 Å². The number of ketones is 2. The van der Waals surface area contributed by atoms with Crippen molar-refractivity contribution in [2.45, 2.75) is 58.5 Å². The van der Waals surface area contributed by atoms with Crippen molar-refractivity contribution in [1.29, 1.82) is 0 Å². The first-order valence-corrected chi connectivity index (χ1v) is 6.86. The van der Waals surface area contributed by atoms with Gasteiger partial charge in [-0.25, -0.2) is 0 Å². The summed E-state index contributed by atoms with van der Waals surface area (Å²) in [5.74, 6) is 0.638. The highest BCUT2D eigenvalue weighted by molar-refractivity contribution is 7.82. The first kappa shape index (κ1) is 19.4. The second kappa shape index (κ2) is 8.20. The van der Waals surface area contributed by atoms with E-state index >= 15 is 0 Å². The van der Waals surface area contributed by atoms with Crippen molar-refractivity contribution in [3.8, 4) is 0 Å². The van der Waals surface area contributed by atoms with Gasteiger partial charge in [-0.2, -0.15) is 25.3 Å². The predicted molar refractivity (Wildman–Crippen MR) is 81.2 cm³/mol. The van der Waals surface area contributed by atoms with Crippen LogP contribution < -0.4 is 0 Å². The molecule has 2 nitrogen and oxygen atoms in total. The lowest BCUT2D eigenvalue weighted by Gasteiger charge is -2.17. The van der Waals surface area contributed by atoms with Gasteiger partial charge in [0.25, 0.3) is 0 Å². The highest BCUT2D eigenvalue weighted by Crippen LogP contribution is 2.17. The molecule has 0 aliphatic rings. The molecule has 102 valence electrons. The van der Waals surface area contributed by atoms with Gasteiger partial charge in [0.15, 0.2) is 5.78 Å². The molecule has 17 heavy (non-hydrogen) atoms. The van der Waals surface area contributed by atoms with Gasteiger partial charge in [0.2, 0.25) is 0 Å². The quantitative estimate of drug-likeness (QED) is 0.772. The predicted octanol–water partition coefficient (Wildman–Crippen LogP) is 3.45. The second-order valence-electron chi connectivity index (χ2n) is 5.31. The molecular weight excluding hydrogens is 252 g/mol. The zero-order valence-corrected chi connectivity index (χ0v) is 13.7. The molecule has 1 atom stereocenters. The van der Waals surface area contributed by atoms with Crippen LogP contribution in [0.5, 0.6) is 0 Å². The van der Waals surface area contributed by atoms with Crippen LogP contribution in [0.2, 0.25) is 0 Å². The summed E-state index contributed by atoms with van der Waals surface area (Å²) in [6, 6.07) is 0. The summed E-state index contributed by atoms with van der Waals surface area (Å²) in [4.78, 5) is 21.9. The lowest BCUT2D eigenvalue weighted by Crippen LogP contribution is -2.28. The minimum Gasteiger partial charge on any atom is -0.298 e. The van der Waals surface area contributed by atoms with E-state index in [1.165, 1.54) is 0 Å². The molecular formula is C13H26O2S2. The second-order valence-corrected chi connectivity index (χ2v) is 7.20. The van der Waals surface area contributed by atoms with Gasteiger partial charge in [-0.15, -0.1) is 0 Å². The van der Waals surface area contributed by atoms with Gasteiger partial charge in [-0.3, -0.25) is 9.59 Å². The summed E-state index contributed by atoms with van der Waals surface area (Å²) in [6.45, 7) is 13.0. The van der Waals surface area contributed by atoms with E-state index in [1.807, 2.05) is 41.5 Å². The van der Waals surface area contributed by atoms with E-state index in [9.17, 15) is 9.59 Å². The van der Waals surface area contributed by atoms with Gasteiger partial charge in [0, 0.05) is 11.8 Å². The molecule has 0 N–H and O–H groups in total. The zero-order chi connectivity index (χ0) is 14.4. The van der Waals surface area contributed by atoms with E-state index in [4.69, 9.17) is 0 Å². The number of rotatable bonds is 4. The first-order chi connectivity index (χ1) is 7.41. The molecule has 0 aromatic rings. The maximum Gasteiger partial charge on any atom is 0.150 e. The Morgan fingerprint density at radius 2 is 1.29 bits per heavy atom. The maximum atomic E-state index is 11.1. The molecule has 1 unspecified atom stereocenters. The fourth-order valence-corrected chi connectivity index (χ4v) is 1.75. The van der Waals surface area contributed by atoms with Crippen LogP contribution in [0.1, 0.15) is 48.5 Å². The molecule has 0 aliphatic carbocycles. The summed E-state index contributed by atoms with van der Waals surface area (Å²) in [5.41, 5.74) is 0. The van der Waals surface area contributed by atoms with Crippen molar-refractivity contribution in [2.75, 3.05) is 0 Å². The third kappa shape index (κ3) is 9.72. The minimum absolute atomic E-state index is 0.0949. The van der Waals surface area contributed by atoms with E-state index in [0.717, 1.165) is 0 Å². The number of hydrogen-bond acceptors (Lipinski definition) is 4. The summed E-state index contributed by atoms with van der Waals surface area (Å²) in [5, 5.41) is -0.102. The van der Waals surface area contributed by atoms with Gasteiger partial charge >= 0.3 is 0 Å². The van der Waals surface area contributed by atoms with Crippen molar-refractivity contribution < 1.29 is 9.59 Å². The number of Topliss-reactive ketones (excluding diaryl/α,β-unsaturated/α-hetero) is 2. The van der Waals surface area contributed by atoms with E-state index in [-0.39, 0.29) is 28.7 Å². The van der Waals surface area contributed by atoms with Crippen LogP contribution in [0.4, 0.5) is 0 Å². The highest BCUT2D eigenvalue weighted by Gasteiger charge is 2.24. The lowest BCUT2D eigenvalue weighted by atomic mass is 9.98. The van der Waals surface area contributed by atoms with E-state index in [0.29, 0.717) is 0 Å². The van der Waals surface area contributed by atoms with Crippen LogP contribution in [0.25, 0.3) is 0 Å². The Labute approximate surface area is 117 Å². The van der Waals surface area contributed by atoms with E-state index in [1.54, 1.807) is 6.92 Å². The minimum atomic E-state index is -0.464. The van der Waals surface area contributed by atoms with Crippen LogP contribution >= 0.6 is 25.3 Å². The Balaban J connectivity index is 0. The SMILES string of the molecule is CC(C)C(=O)C(C)(C)S.CC(C)C(=O)C(C)S. The van der Waals surface area contributed by atoms with Crippen molar-refractivity contribution in [3.63, 3.8) is 0 Å². The molecule has 0 radical (unpaired) electrons. The van der Waals surface area contributed by atoms with Gasteiger partial charge in [0.1, 0.15) is 5.78 Å². The fourth-order valence-electron chi connectivity index (χ4n) is 1.19. The van der Waals surface area contributed by atoms with Gasteiger partial charge in [-0.1, -0.05) is 27.7 Å². The third-order valence-electron chi connectivity index (χ3n) is 2.11. The van der Waals surface area contributed by atoms with Crippen molar-refractivity contribution >= 4 is 36.8 Å². The first-order valence-electron chi connectivity index (χ1n) is 5.89. The molecule has 0 aromatic carbocycles. The van der Waals surface area contributed by atoms with Crippen LogP contribution in [0.15, 0.2) is 0 Å². The van der Waals surface area contributed by atoms with E-state index < -0.39 is 4.75 Å². The Hall–Kier alpha value is 0.0400. The Morgan fingerprint density at radius 3 is 1.29 bits per heavy atom. The smallest absolute Gasteiger partial charge is 0.150 e. The fraction of sp³-hybridized carbons (Fsp3) is 0.846. The largest absolute Gasteiger partial charge is 0.298 e. The van der Waals surface area contributed by atoms with Gasteiger partial charge in [-0.05, 0) is 20.8 Å². The average Bonchev–Trinajstić information content (AvgIpc) is 2.14. The van der Waals surface area contributed by atoms with Crippen molar-refractivity contribution in [2.24, 2.45) is 11.8 Å². The highest BCUT2D eigenvalue weighted by atomic mass is 32.1. The number of hydrogen-bond donors (Lipinski definition) is 2. The molecule has 0 spiro atoms. The molecule has 0 fully saturated rings. The topological polar surface area (TPSA) is 34.1 Å². The number of thiol groups is 2. The van der Waals surface area contributed by atoms with Gasteiger partial charge in [0.05, 0.1) is 10.00 Å². The van der Waals surface area contributed by atoms with Crippen molar-refractivity contribution in [3.05, 3.63) is 0 Å². The molecule has 0 heterocycles. The van der Waals surface area contributed by atoms with Crippen LogP contribution in [-0.4, -0.2) is 21.6 Å². The molecule has 0 aliphatic heterocycles. The van der Waals surface area contributed by atoms with Gasteiger partial charge < -0.3 is 0 Å². The Bertz CT molecular complexity index is 241. The molecule has 0 rings (SSSR count). The number of carbonyl (C=O) groups is 2. The average molecular weight is 278 g/mol. The zero-order valence-electron chi connectivity index (χ0n) is 11.9. The summed E-state index contributed by atoms with van der Waals surface area (Å²) in [6.07, 6.45) is 0. The molecule has 0 saturated carbocycles. The standard InChI is InChI=1S/C7H14OS.C6H12OS/c1-5(2)6(8)7(3,4)9;1-4(2)6(7)5(3)8/h5,9H,1-4H3;4-5,8H,1-3H3.